The van der Waals surface area contributed by atoms with Crippen molar-refractivity contribution < 1.29 is 9.53 Å². The first kappa shape index (κ1) is 20.0. The van der Waals surface area contributed by atoms with E-state index in [1.54, 1.807) is 12.1 Å². The number of carbonyl (C=O) groups is 1. The van der Waals surface area contributed by atoms with E-state index in [4.69, 9.17) is 16.3 Å². The van der Waals surface area contributed by atoms with Gasteiger partial charge in [0.05, 0.1) is 5.75 Å². The van der Waals surface area contributed by atoms with Crippen molar-refractivity contribution in [2.75, 3.05) is 12.3 Å². The van der Waals surface area contributed by atoms with Gasteiger partial charge in [0.1, 0.15) is 12.4 Å². The summed E-state index contributed by atoms with van der Waals surface area (Å²) in [6.45, 7) is 6.07. The predicted molar refractivity (Wildman–Crippen MR) is 107 cm³/mol. The van der Waals surface area contributed by atoms with Crippen LogP contribution in [0.1, 0.15) is 38.9 Å². The van der Waals surface area contributed by atoms with Crippen molar-refractivity contribution in [2.24, 2.45) is 0 Å². The molecule has 1 aliphatic rings. The molecule has 1 aliphatic heterocycles. The van der Waals surface area contributed by atoms with E-state index < -0.39 is 0 Å². The number of piperidine rings is 1. The van der Waals surface area contributed by atoms with E-state index >= 15 is 0 Å². The van der Waals surface area contributed by atoms with Crippen LogP contribution in [0.2, 0.25) is 5.02 Å². The van der Waals surface area contributed by atoms with Crippen molar-refractivity contribution in [3.05, 3.63) is 35.1 Å². The Balaban J connectivity index is 1.58. The number of hydrogen-bond acceptors (Lipinski definition) is 5. The van der Waals surface area contributed by atoms with Gasteiger partial charge in [-0.05, 0) is 57.4 Å². The number of hydrogen-bond donors (Lipinski definition) is 0. The van der Waals surface area contributed by atoms with Crippen LogP contribution >= 0.6 is 23.4 Å². The highest BCUT2D eigenvalue weighted by molar-refractivity contribution is 7.99. The van der Waals surface area contributed by atoms with Gasteiger partial charge < -0.3 is 14.2 Å². The molecule has 1 aromatic heterocycles. The first-order valence-corrected chi connectivity index (χ1v) is 10.7. The number of halogens is 1. The molecular formula is C19H25ClN4O2S. The molecule has 1 amide bonds. The summed E-state index contributed by atoms with van der Waals surface area (Å²) in [4.78, 5) is 14.5. The molecule has 0 bridgehead atoms. The molecule has 146 valence electrons. The van der Waals surface area contributed by atoms with Gasteiger partial charge in [0, 0.05) is 24.2 Å². The molecule has 3 rings (SSSR count). The van der Waals surface area contributed by atoms with Gasteiger partial charge in [-0.25, -0.2) is 0 Å². The number of aromatic nitrogens is 3. The van der Waals surface area contributed by atoms with Crippen molar-refractivity contribution in [1.82, 2.24) is 19.7 Å². The maximum Gasteiger partial charge on any atom is 0.233 e. The van der Waals surface area contributed by atoms with Crippen LogP contribution in [0, 0.1) is 0 Å². The Kier molecular flexibility index (Phi) is 7.01. The van der Waals surface area contributed by atoms with E-state index in [1.807, 2.05) is 28.5 Å². The number of benzene rings is 1. The fourth-order valence-corrected chi connectivity index (χ4v) is 4.24. The molecule has 0 saturated carbocycles. The quantitative estimate of drug-likeness (QED) is 0.647. The lowest BCUT2D eigenvalue weighted by Crippen LogP contribution is -2.43. The maximum atomic E-state index is 12.5. The third-order valence-corrected chi connectivity index (χ3v) is 5.94. The first-order chi connectivity index (χ1) is 13.1. The van der Waals surface area contributed by atoms with Crippen LogP contribution in [0.25, 0.3) is 0 Å². The smallest absolute Gasteiger partial charge is 0.233 e. The summed E-state index contributed by atoms with van der Waals surface area (Å²) < 4.78 is 7.76. The van der Waals surface area contributed by atoms with E-state index in [-0.39, 0.29) is 5.91 Å². The van der Waals surface area contributed by atoms with Crippen LogP contribution in [-0.2, 0) is 17.9 Å². The molecule has 1 saturated heterocycles. The zero-order valence-corrected chi connectivity index (χ0v) is 17.3. The van der Waals surface area contributed by atoms with Gasteiger partial charge in [0.25, 0.3) is 0 Å². The van der Waals surface area contributed by atoms with E-state index in [2.05, 4.69) is 17.1 Å². The van der Waals surface area contributed by atoms with Crippen molar-refractivity contribution in [3.63, 3.8) is 0 Å². The van der Waals surface area contributed by atoms with Crippen molar-refractivity contribution in [2.45, 2.75) is 57.5 Å². The van der Waals surface area contributed by atoms with Crippen LogP contribution in [-0.4, -0.2) is 43.9 Å². The molecule has 27 heavy (non-hydrogen) atoms. The summed E-state index contributed by atoms with van der Waals surface area (Å²) in [5.74, 6) is 2.04. The minimum Gasteiger partial charge on any atom is -0.486 e. The second kappa shape index (κ2) is 9.46. The number of thioether (sulfide) groups is 1. The van der Waals surface area contributed by atoms with Crippen LogP contribution < -0.4 is 4.74 Å². The summed E-state index contributed by atoms with van der Waals surface area (Å²) in [7, 11) is 0. The van der Waals surface area contributed by atoms with E-state index in [0.29, 0.717) is 23.4 Å². The minimum atomic E-state index is 0.178. The number of likely N-dealkylation sites (tertiary alicyclic amines) is 1. The highest BCUT2D eigenvalue weighted by Gasteiger charge is 2.24. The lowest BCUT2D eigenvalue weighted by atomic mass is 10.0. The second-order valence-corrected chi connectivity index (χ2v) is 7.99. The van der Waals surface area contributed by atoms with Crippen molar-refractivity contribution in [3.8, 4) is 5.75 Å². The molecule has 0 spiro atoms. The Hall–Kier alpha value is -1.73. The average Bonchev–Trinajstić information content (AvgIpc) is 3.08. The Labute approximate surface area is 169 Å². The Morgan fingerprint density at radius 2 is 2.07 bits per heavy atom. The van der Waals surface area contributed by atoms with Gasteiger partial charge >= 0.3 is 0 Å². The van der Waals surface area contributed by atoms with Gasteiger partial charge in [-0.2, -0.15) is 0 Å². The minimum absolute atomic E-state index is 0.178. The maximum absolute atomic E-state index is 12.5. The molecule has 0 aliphatic carbocycles. The Morgan fingerprint density at radius 1 is 1.30 bits per heavy atom. The third kappa shape index (κ3) is 5.17. The molecular weight excluding hydrogens is 384 g/mol. The zero-order valence-electron chi connectivity index (χ0n) is 15.7. The molecule has 6 nitrogen and oxygen atoms in total. The Morgan fingerprint density at radius 3 is 2.78 bits per heavy atom. The summed E-state index contributed by atoms with van der Waals surface area (Å²) in [5, 5.41) is 9.92. The fourth-order valence-electron chi connectivity index (χ4n) is 3.21. The molecule has 1 aromatic carbocycles. The standard InChI is InChI=1S/C19H25ClN4O2S/c1-3-23-17(12-26-16-9-7-15(20)8-10-16)21-22-19(23)27-13-18(25)24-11-5-4-6-14(24)2/h7-10,14H,3-6,11-13H2,1-2H3/t14-/m1/s1. The summed E-state index contributed by atoms with van der Waals surface area (Å²) in [5.41, 5.74) is 0. The van der Waals surface area contributed by atoms with Crippen LogP contribution in [0.5, 0.6) is 5.75 Å². The molecule has 2 heterocycles. The van der Waals surface area contributed by atoms with Gasteiger partial charge in [0.2, 0.25) is 5.91 Å². The molecule has 8 heteroatoms. The molecule has 1 atom stereocenters. The third-order valence-electron chi connectivity index (χ3n) is 4.74. The predicted octanol–water partition coefficient (Wildman–Crippen LogP) is 4.02. The number of nitrogens with zero attached hydrogens (tertiary/aromatic N) is 4. The topological polar surface area (TPSA) is 60.2 Å². The van der Waals surface area contributed by atoms with Crippen LogP contribution in [0.4, 0.5) is 0 Å². The van der Waals surface area contributed by atoms with Gasteiger partial charge in [-0.1, -0.05) is 23.4 Å². The lowest BCUT2D eigenvalue weighted by Gasteiger charge is -2.33. The highest BCUT2D eigenvalue weighted by atomic mass is 35.5. The summed E-state index contributed by atoms with van der Waals surface area (Å²) in [6, 6.07) is 7.55. The average molecular weight is 409 g/mol. The summed E-state index contributed by atoms with van der Waals surface area (Å²) in [6.07, 6.45) is 3.39. The summed E-state index contributed by atoms with van der Waals surface area (Å²) >= 11 is 7.33. The number of rotatable bonds is 7. The largest absolute Gasteiger partial charge is 0.486 e. The number of amides is 1. The lowest BCUT2D eigenvalue weighted by molar-refractivity contribution is -0.131. The number of ether oxygens (including phenoxy) is 1. The molecule has 1 fully saturated rings. The van der Waals surface area contributed by atoms with E-state index in [1.165, 1.54) is 18.2 Å². The number of carbonyl (C=O) groups excluding carboxylic acids is 1. The molecule has 0 N–H and O–H groups in total. The van der Waals surface area contributed by atoms with E-state index in [0.717, 1.165) is 42.7 Å². The SMILES string of the molecule is CCn1c(COc2ccc(Cl)cc2)nnc1SCC(=O)N1CCCC[C@H]1C. The van der Waals surface area contributed by atoms with E-state index in [9.17, 15) is 4.79 Å². The first-order valence-electron chi connectivity index (χ1n) is 9.31. The van der Waals surface area contributed by atoms with Gasteiger partial charge in [-0.15, -0.1) is 10.2 Å². The molecule has 0 unspecified atom stereocenters. The van der Waals surface area contributed by atoms with Crippen LogP contribution in [0.15, 0.2) is 29.4 Å². The molecule has 2 aromatic rings. The van der Waals surface area contributed by atoms with Crippen molar-refractivity contribution in [1.29, 1.82) is 0 Å². The fraction of sp³-hybridized carbons (Fsp3) is 0.526. The van der Waals surface area contributed by atoms with Crippen molar-refractivity contribution >= 4 is 29.3 Å². The monoisotopic (exact) mass is 408 g/mol. The highest BCUT2D eigenvalue weighted by Crippen LogP contribution is 2.22. The zero-order chi connectivity index (χ0) is 19.2. The van der Waals surface area contributed by atoms with Gasteiger partial charge in [0.15, 0.2) is 11.0 Å². The Bertz CT molecular complexity index is 766. The molecule has 0 radical (unpaired) electrons. The second-order valence-electron chi connectivity index (χ2n) is 6.61. The van der Waals surface area contributed by atoms with Gasteiger partial charge in [-0.3, -0.25) is 4.79 Å². The van der Waals surface area contributed by atoms with Crippen LogP contribution in [0.3, 0.4) is 0 Å². The normalized spacial score (nSPS) is 17.1.